The summed E-state index contributed by atoms with van der Waals surface area (Å²) >= 11 is 0. The second-order valence-electron chi connectivity index (χ2n) is 4.29. The third-order valence-corrected chi connectivity index (χ3v) is 2.83. The van der Waals surface area contributed by atoms with Crippen LogP contribution in [-0.4, -0.2) is 28.1 Å². The highest BCUT2D eigenvalue weighted by molar-refractivity contribution is 6.02. The zero-order valence-electron chi connectivity index (χ0n) is 10.3. The van der Waals surface area contributed by atoms with Gasteiger partial charge in [-0.25, -0.2) is 9.97 Å². The average molecular weight is 260 g/mol. The normalized spacial score (nSPS) is 14.2. The van der Waals surface area contributed by atoms with Gasteiger partial charge in [0, 0.05) is 18.1 Å². The molecule has 0 unspecified atom stereocenters. The molecule has 3 rings (SSSR count). The van der Waals surface area contributed by atoms with Crippen LogP contribution in [0.3, 0.4) is 0 Å². The Morgan fingerprint density at radius 3 is 3.00 bits per heavy atom. The Balaban J connectivity index is 1.72. The van der Waals surface area contributed by atoms with Gasteiger partial charge in [-0.3, -0.25) is 4.79 Å². The summed E-state index contributed by atoms with van der Waals surface area (Å²) in [7, 11) is 1.49. The van der Waals surface area contributed by atoms with Crippen LogP contribution in [0.2, 0.25) is 0 Å². The van der Waals surface area contributed by atoms with Crippen molar-refractivity contribution in [3.8, 4) is 5.88 Å². The van der Waals surface area contributed by atoms with Crippen LogP contribution in [0, 0.1) is 0 Å². The fraction of sp³-hybridized carbons (Fsp3) is 0.333. The molecule has 0 aliphatic heterocycles. The van der Waals surface area contributed by atoms with Crippen molar-refractivity contribution >= 4 is 11.7 Å². The number of aromatic nitrogens is 3. The van der Waals surface area contributed by atoms with Crippen LogP contribution in [0.1, 0.15) is 35.0 Å². The lowest BCUT2D eigenvalue weighted by molar-refractivity contribution is 0.101. The van der Waals surface area contributed by atoms with E-state index in [2.05, 4.69) is 20.4 Å². The largest absolute Gasteiger partial charge is 0.481 e. The Kier molecular flexibility index (Phi) is 2.86. The van der Waals surface area contributed by atoms with Gasteiger partial charge >= 0.3 is 0 Å². The molecule has 0 bridgehead atoms. The van der Waals surface area contributed by atoms with E-state index in [1.807, 2.05) is 0 Å². The summed E-state index contributed by atoms with van der Waals surface area (Å²) in [4.78, 5) is 19.7. The van der Waals surface area contributed by atoms with Crippen molar-refractivity contribution in [1.82, 2.24) is 15.1 Å². The van der Waals surface area contributed by atoms with Gasteiger partial charge in [0.2, 0.25) is 5.88 Å². The van der Waals surface area contributed by atoms with Gasteiger partial charge in [0.05, 0.1) is 7.11 Å². The van der Waals surface area contributed by atoms with Crippen LogP contribution >= 0.6 is 0 Å². The van der Waals surface area contributed by atoms with Crippen molar-refractivity contribution in [2.45, 2.75) is 18.8 Å². The lowest BCUT2D eigenvalue weighted by atomic mass is 10.3. The second kappa shape index (κ2) is 4.68. The Bertz CT molecular complexity index is 607. The Hall–Kier alpha value is -2.44. The molecule has 7 nitrogen and oxygen atoms in total. The maximum Gasteiger partial charge on any atom is 0.279 e. The first-order valence-corrected chi connectivity index (χ1v) is 5.90. The predicted octanol–water partition coefficient (Wildman–Crippen LogP) is 1.60. The van der Waals surface area contributed by atoms with Gasteiger partial charge in [0.25, 0.3) is 5.91 Å². The fourth-order valence-corrected chi connectivity index (χ4v) is 1.66. The van der Waals surface area contributed by atoms with E-state index in [1.54, 1.807) is 6.07 Å². The number of nitrogens with zero attached hydrogens (tertiary/aromatic N) is 3. The molecule has 0 saturated heterocycles. The SMILES string of the molecule is COc1cc(NC(=O)c2cc(C3CC3)on2)ncn1. The molecule has 1 fully saturated rings. The molecule has 0 spiro atoms. The van der Waals surface area contributed by atoms with E-state index in [1.165, 1.54) is 19.5 Å². The van der Waals surface area contributed by atoms with Gasteiger partial charge in [-0.2, -0.15) is 0 Å². The van der Waals surface area contributed by atoms with Crippen molar-refractivity contribution in [1.29, 1.82) is 0 Å². The summed E-state index contributed by atoms with van der Waals surface area (Å²) < 4.78 is 10.1. The highest BCUT2D eigenvalue weighted by atomic mass is 16.5. The number of hydrogen-bond donors (Lipinski definition) is 1. The van der Waals surface area contributed by atoms with Gasteiger partial charge < -0.3 is 14.6 Å². The Labute approximate surface area is 109 Å². The molecule has 2 heterocycles. The van der Waals surface area contributed by atoms with Crippen LogP contribution in [0.25, 0.3) is 0 Å². The summed E-state index contributed by atoms with van der Waals surface area (Å²) in [6.07, 6.45) is 3.51. The van der Waals surface area contributed by atoms with E-state index in [0.29, 0.717) is 17.6 Å². The van der Waals surface area contributed by atoms with E-state index in [4.69, 9.17) is 9.26 Å². The number of hydrogen-bond acceptors (Lipinski definition) is 6. The van der Waals surface area contributed by atoms with Crippen molar-refractivity contribution in [3.63, 3.8) is 0 Å². The average Bonchev–Trinajstić information content (AvgIpc) is 3.16. The number of methoxy groups -OCH3 is 1. The first-order chi connectivity index (χ1) is 9.26. The Morgan fingerprint density at radius 1 is 1.42 bits per heavy atom. The minimum absolute atomic E-state index is 0.250. The van der Waals surface area contributed by atoms with E-state index >= 15 is 0 Å². The molecule has 7 heteroatoms. The number of carbonyl (C=O) groups is 1. The summed E-state index contributed by atoms with van der Waals surface area (Å²) in [5.41, 5.74) is 0.250. The summed E-state index contributed by atoms with van der Waals surface area (Å²) in [5.74, 6) is 1.56. The molecule has 98 valence electrons. The summed E-state index contributed by atoms with van der Waals surface area (Å²) in [6, 6.07) is 3.20. The van der Waals surface area contributed by atoms with Crippen LogP contribution in [0.15, 0.2) is 23.0 Å². The molecule has 1 amide bonds. The molecule has 0 atom stereocenters. The van der Waals surface area contributed by atoms with E-state index in [0.717, 1.165) is 18.6 Å². The van der Waals surface area contributed by atoms with Gasteiger partial charge in [0.1, 0.15) is 17.9 Å². The van der Waals surface area contributed by atoms with Crippen LogP contribution in [0.4, 0.5) is 5.82 Å². The number of ether oxygens (including phenoxy) is 1. The number of rotatable bonds is 4. The van der Waals surface area contributed by atoms with Crippen molar-refractivity contribution < 1.29 is 14.1 Å². The lowest BCUT2D eigenvalue weighted by Crippen LogP contribution is -2.13. The molecule has 2 aromatic rings. The first kappa shape index (κ1) is 11.6. The smallest absolute Gasteiger partial charge is 0.279 e. The second-order valence-corrected chi connectivity index (χ2v) is 4.29. The molecular formula is C12H12N4O3. The number of amides is 1. The molecule has 1 saturated carbocycles. The zero-order valence-corrected chi connectivity index (χ0v) is 10.3. The molecule has 1 N–H and O–H groups in total. The van der Waals surface area contributed by atoms with E-state index in [-0.39, 0.29) is 11.6 Å². The van der Waals surface area contributed by atoms with E-state index in [9.17, 15) is 4.79 Å². The summed E-state index contributed by atoms with van der Waals surface area (Å²) in [5, 5.41) is 6.37. The summed E-state index contributed by atoms with van der Waals surface area (Å²) in [6.45, 7) is 0. The standard InChI is InChI=1S/C12H12N4O3/c1-18-11-5-10(13-6-14-11)15-12(17)8-4-9(19-16-8)7-2-3-7/h4-7H,2-3H2,1H3,(H,13,14,15,17). The molecule has 19 heavy (non-hydrogen) atoms. The van der Waals surface area contributed by atoms with Crippen LogP contribution < -0.4 is 10.1 Å². The molecule has 0 aromatic carbocycles. The van der Waals surface area contributed by atoms with Crippen LogP contribution in [0.5, 0.6) is 5.88 Å². The van der Waals surface area contributed by atoms with Crippen molar-refractivity contribution in [2.24, 2.45) is 0 Å². The quantitative estimate of drug-likeness (QED) is 0.898. The monoisotopic (exact) mass is 260 g/mol. The van der Waals surface area contributed by atoms with Crippen molar-refractivity contribution in [3.05, 3.63) is 29.9 Å². The predicted molar refractivity (Wildman–Crippen MR) is 65.0 cm³/mol. The van der Waals surface area contributed by atoms with Gasteiger partial charge in [-0.1, -0.05) is 5.16 Å². The fourth-order valence-electron chi connectivity index (χ4n) is 1.66. The van der Waals surface area contributed by atoms with Crippen LogP contribution in [-0.2, 0) is 0 Å². The number of carbonyl (C=O) groups excluding carboxylic acids is 1. The van der Waals surface area contributed by atoms with Gasteiger partial charge in [-0.05, 0) is 12.8 Å². The lowest BCUT2D eigenvalue weighted by Gasteiger charge is -2.02. The Morgan fingerprint density at radius 2 is 2.26 bits per heavy atom. The minimum Gasteiger partial charge on any atom is -0.481 e. The zero-order chi connectivity index (χ0) is 13.2. The number of nitrogens with one attached hydrogen (secondary N) is 1. The highest BCUT2D eigenvalue weighted by Crippen LogP contribution is 2.40. The minimum atomic E-state index is -0.364. The first-order valence-electron chi connectivity index (χ1n) is 5.90. The molecule has 1 aliphatic carbocycles. The van der Waals surface area contributed by atoms with Gasteiger partial charge in [-0.15, -0.1) is 0 Å². The van der Waals surface area contributed by atoms with Crippen molar-refractivity contribution in [2.75, 3.05) is 12.4 Å². The highest BCUT2D eigenvalue weighted by Gasteiger charge is 2.28. The maximum absolute atomic E-state index is 11.9. The topological polar surface area (TPSA) is 90.1 Å². The van der Waals surface area contributed by atoms with Gasteiger partial charge in [0.15, 0.2) is 5.69 Å². The third kappa shape index (κ3) is 2.54. The molecule has 0 radical (unpaired) electrons. The molecule has 1 aliphatic rings. The third-order valence-electron chi connectivity index (χ3n) is 2.83. The van der Waals surface area contributed by atoms with E-state index < -0.39 is 0 Å². The molecular weight excluding hydrogens is 248 g/mol. The number of anilines is 1. The molecule has 2 aromatic heterocycles. The maximum atomic E-state index is 11.9.